The third kappa shape index (κ3) is 2.92. The minimum atomic E-state index is -0.301. The fraction of sp³-hybridized carbons (Fsp3) is 0.562. The van der Waals surface area contributed by atoms with Gasteiger partial charge in [0.25, 0.3) is 0 Å². The minimum Gasteiger partial charge on any atom is -0.342 e. The number of carbonyl (C=O) groups is 1. The van der Waals surface area contributed by atoms with Crippen LogP contribution in [0.2, 0.25) is 5.02 Å². The van der Waals surface area contributed by atoms with Crippen LogP contribution in [0.25, 0.3) is 0 Å². The van der Waals surface area contributed by atoms with Crippen molar-refractivity contribution in [2.45, 2.75) is 25.2 Å². The number of nitrogens with two attached hydrogens (primary N) is 1. The summed E-state index contributed by atoms with van der Waals surface area (Å²) in [7, 11) is 0. The van der Waals surface area contributed by atoms with Crippen molar-refractivity contribution in [1.82, 2.24) is 4.90 Å². The average Bonchev–Trinajstić information content (AvgIpc) is 3.27. The first kappa shape index (κ1) is 14.8. The maximum Gasteiger partial charge on any atom is 0.226 e. The molecule has 3 nitrogen and oxygen atoms in total. The van der Waals surface area contributed by atoms with E-state index in [2.05, 4.69) is 0 Å². The smallest absolute Gasteiger partial charge is 0.226 e. The number of hydrogen-bond acceptors (Lipinski definition) is 2. The van der Waals surface area contributed by atoms with Gasteiger partial charge in [0, 0.05) is 35.5 Å². The van der Waals surface area contributed by atoms with Crippen molar-refractivity contribution in [2.75, 3.05) is 19.6 Å². The fourth-order valence-electron chi connectivity index (χ4n) is 3.28. The van der Waals surface area contributed by atoms with E-state index >= 15 is 0 Å². The molecule has 1 saturated carbocycles. The topological polar surface area (TPSA) is 46.3 Å². The number of nitrogens with zero attached hydrogens (tertiary/aromatic N) is 1. The fourth-order valence-corrected chi connectivity index (χ4v) is 3.58. The van der Waals surface area contributed by atoms with Crippen LogP contribution in [0.5, 0.6) is 0 Å². The van der Waals surface area contributed by atoms with Gasteiger partial charge in [0.2, 0.25) is 5.91 Å². The Morgan fingerprint density at radius 3 is 2.71 bits per heavy atom. The summed E-state index contributed by atoms with van der Waals surface area (Å²) in [5, 5.41) is 0.428. The van der Waals surface area contributed by atoms with E-state index < -0.39 is 0 Å². The van der Waals surface area contributed by atoms with E-state index in [0.717, 1.165) is 25.9 Å². The number of carbonyl (C=O) groups excluding carboxylic acids is 1. The number of halogens is 2. The van der Waals surface area contributed by atoms with Crippen molar-refractivity contribution in [2.24, 2.45) is 17.6 Å². The predicted molar refractivity (Wildman–Crippen MR) is 80.6 cm³/mol. The van der Waals surface area contributed by atoms with Crippen LogP contribution < -0.4 is 5.73 Å². The molecule has 1 aliphatic carbocycles. The standard InChI is InChI=1S/C16H20ClFN2O/c17-13-2-1-3-14(18)15(13)11-8-12(11)16(21)20-6-4-10(9-19)5-7-20/h1-3,10-12H,4-9,19H2/t11-,12+/m1/s1. The monoisotopic (exact) mass is 310 g/mol. The molecular formula is C16H20ClFN2O. The zero-order valence-corrected chi connectivity index (χ0v) is 12.7. The lowest BCUT2D eigenvalue weighted by Crippen LogP contribution is -2.41. The van der Waals surface area contributed by atoms with Crippen LogP contribution >= 0.6 is 11.6 Å². The van der Waals surface area contributed by atoms with Crippen molar-refractivity contribution in [3.8, 4) is 0 Å². The van der Waals surface area contributed by atoms with Crippen LogP contribution in [0.4, 0.5) is 4.39 Å². The number of hydrogen-bond donors (Lipinski definition) is 1. The van der Waals surface area contributed by atoms with Crippen molar-refractivity contribution >= 4 is 17.5 Å². The maximum absolute atomic E-state index is 13.9. The molecule has 114 valence electrons. The number of rotatable bonds is 3. The average molecular weight is 311 g/mol. The van der Waals surface area contributed by atoms with E-state index in [0.29, 0.717) is 29.5 Å². The zero-order chi connectivity index (χ0) is 15.0. The number of likely N-dealkylation sites (tertiary alicyclic amines) is 1. The van der Waals surface area contributed by atoms with Crippen LogP contribution in [-0.2, 0) is 4.79 Å². The molecule has 1 aliphatic heterocycles. The summed E-state index contributed by atoms with van der Waals surface area (Å²) < 4.78 is 13.9. The maximum atomic E-state index is 13.9. The molecule has 0 aromatic heterocycles. The van der Waals surface area contributed by atoms with Crippen LogP contribution in [0.1, 0.15) is 30.7 Å². The molecule has 0 radical (unpaired) electrons. The SMILES string of the molecule is NCC1CCN(C(=O)[C@H]2C[C@H]2c2c(F)cccc2Cl)CC1. The van der Waals surface area contributed by atoms with Crippen LogP contribution in [-0.4, -0.2) is 30.4 Å². The third-order valence-corrected chi connectivity index (χ3v) is 5.07. The van der Waals surface area contributed by atoms with Gasteiger partial charge in [-0.25, -0.2) is 4.39 Å². The van der Waals surface area contributed by atoms with E-state index in [9.17, 15) is 9.18 Å². The highest BCUT2D eigenvalue weighted by Crippen LogP contribution is 2.51. The number of piperidine rings is 1. The first-order valence-corrected chi connectivity index (χ1v) is 7.92. The normalized spacial score (nSPS) is 26.0. The highest BCUT2D eigenvalue weighted by atomic mass is 35.5. The molecular weight excluding hydrogens is 291 g/mol. The molecule has 1 aromatic rings. The Kier molecular flexibility index (Phi) is 4.18. The van der Waals surface area contributed by atoms with Crippen molar-refractivity contribution in [3.05, 3.63) is 34.6 Å². The van der Waals surface area contributed by atoms with Crippen LogP contribution in [0.3, 0.4) is 0 Å². The Labute approximate surface area is 129 Å². The van der Waals surface area contributed by atoms with Gasteiger partial charge in [-0.15, -0.1) is 0 Å². The second-order valence-corrected chi connectivity index (χ2v) is 6.50. The Morgan fingerprint density at radius 2 is 2.10 bits per heavy atom. The van der Waals surface area contributed by atoms with E-state index in [-0.39, 0.29) is 23.6 Å². The quantitative estimate of drug-likeness (QED) is 0.933. The molecule has 1 heterocycles. The molecule has 5 heteroatoms. The third-order valence-electron chi connectivity index (χ3n) is 4.74. The van der Waals surface area contributed by atoms with Crippen LogP contribution in [0.15, 0.2) is 18.2 Å². The van der Waals surface area contributed by atoms with Crippen LogP contribution in [0, 0.1) is 17.7 Å². The van der Waals surface area contributed by atoms with Gasteiger partial charge in [0.15, 0.2) is 0 Å². The van der Waals surface area contributed by atoms with Gasteiger partial charge in [0.05, 0.1) is 0 Å². The van der Waals surface area contributed by atoms with Gasteiger partial charge in [0.1, 0.15) is 5.82 Å². The molecule has 2 atom stereocenters. The molecule has 1 amide bonds. The Hall–Kier alpha value is -1.13. The van der Waals surface area contributed by atoms with Gasteiger partial charge < -0.3 is 10.6 Å². The summed E-state index contributed by atoms with van der Waals surface area (Å²) in [4.78, 5) is 14.4. The lowest BCUT2D eigenvalue weighted by atomic mass is 9.96. The lowest BCUT2D eigenvalue weighted by Gasteiger charge is -2.31. The molecule has 21 heavy (non-hydrogen) atoms. The Morgan fingerprint density at radius 1 is 1.38 bits per heavy atom. The summed E-state index contributed by atoms with van der Waals surface area (Å²) in [6, 6.07) is 4.69. The second-order valence-electron chi connectivity index (χ2n) is 6.09. The molecule has 2 N–H and O–H groups in total. The highest BCUT2D eigenvalue weighted by molar-refractivity contribution is 6.31. The molecule has 0 unspecified atom stereocenters. The summed E-state index contributed by atoms with van der Waals surface area (Å²) >= 11 is 6.08. The van der Waals surface area contributed by atoms with E-state index in [4.69, 9.17) is 17.3 Å². The molecule has 0 bridgehead atoms. The first-order chi connectivity index (χ1) is 10.1. The molecule has 1 saturated heterocycles. The minimum absolute atomic E-state index is 0.0570. The summed E-state index contributed by atoms with van der Waals surface area (Å²) in [6.07, 6.45) is 2.65. The largest absolute Gasteiger partial charge is 0.342 e. The Bertz CT molecular complexity index is 523. The Balaban J connectivity index is 1.64. The van der Waals surface area contributed by atoms with Crippen molar-refractivity contribution in [1.29, 1.82) is 0 Å². The number of amides is 1. The van der Waals surface area contributed by atoms with Crippen molar-refractivity contribution in [3.63, 3.8) is 0 Å². The molecule has 1 aromatic carbocycles. The number of benzene rings is 1. The molecule has 3 rings (SSSR count). The first-order valence-electron chi connectivity index (χ1n) is 7.54. The van der Waals surface area contributed by atoms with Gasteiger partial charge in [-0.3, -0.25) is 4.79 Å². The summed E-state index contributed by atoms with van der Waals surface area (Å²) in [5.74, 6) is 0.219. The van der Waals surface area contributed by atoms with E-state index in [1.165, 1.54) is 6.07 Å². The molecule has 2 aliphatic rings. The highest BCUT2D eigenvalue weighted by Gasteiger charge is 2.48. The van der Waals surface area contributed by atoms with E-state index in [1.807, 2.05) is 4.90 Å². The van der Waals surface area contributed by atoms with Gasteiger partial charge in [-0.05, 0) is 43.9 Å². The van der Waals surface area contributed by atoms with Gasteiger partial charge >= 0.3 is 0 Å². The van der Waals surface area contributed by atoms with Crippen molar-refractivity contribution < 1.29 is 9.18 Å². The van der Waals surface area contributed by atoms with E-state index in [1.54, 1.807) is 12.1 Å². The molecule has 2 fully saturated rings. The van der Waals surface area contributed by atoms with Gasteiger partial charge in [-0.1, -0.05) is 17.7 Å². The second kappa shape index (κ2) is 5.93. The zero-order valence-electron chi connectivity index (χ0n) is 11.9. The summed E-state index contributed by atoms with van der Waals surface area (Å²) in [6.45, 7) is 2.24. The van der Waals surface area contributed by atoms with Gasteiger partial charge in [-0.2, -0.15) is 0 Å². The lowest BCUT2D eigenvalue weighted by molar-refractivity contribution is -0.134. The summed E-state index contributed by atoms with van der Waals surface area (Å²) in [5.41, 5.74) is 6.18. The molecule has 0 spiro atoms. The predicted octanol–water partition coefficient (Wildman–Crippen LogP) is 2.78.